The maximum Gasteiger partial charge on any atom is 0.0465 e. The third-order valence-corrected chi connectivity index (χ3v) is 2.67. The van der Waals surface area contributed by atoms with E-state index in [4.69, 9.17) is 17.1 Å². The molecule has 0 aliphatic heterocycles. The summed E-state index contributed by atoms with van der Waals surface area (Å²) in [4.78, 5) is 2.66. The first-order valence-corrected chi connectivity index (χ1v) is 5.29. The van der Waals surface area contributed by atoms with Gasteiger partial charge in [-0.1, -0.05) is 28.6 Å². The molecular formula is C12H12ClN3. The summed E-state index contributed by atoms with van der Waals surface area (Å²) in [7, 11) is 0. The summed E-state index contributed by atoms with van der Waals surface area (Å²) in [6.45, 7) is 4.33. The summed E-state index contributed by atoms with van der Waals surface area (Å²) in [6, 6.07) is 3.91. The molecule has 1 aromatic rings. The van der Waals surface area contributed by atoms with E-state index in [2.05, 4.69) is 21.9 Å². The van der Waals surface area contributed by atoms with Crippen LogP contribution >= 0.6 is 11.6 Å². The molecule has 0 N–H and O–H groups in total. The normalized spacial score (nSPS) is 8.94. The molecule has 16 heavy (non-hydrogen) atoms. The second-order valence-corrected chi connectivity index (χ2v) is 3.81. The van der Waals surface area contributed by atoms with E-state index in [-0.39, 0.29) is 0 Å². The second kappa shape index (κ2) is 6.07. The van der Waals surface area contributed by atoms with Crippen LogP contribution in [0, 0.1) is 25.7 Å². The lowest BCUT2D eigenvalue weighted by molar-refractivity contribution is 1.01. The van der Waals surface area contributed by atoms with Crippen molar-refractivity contribution in [1.82, 2.24) is 0 Å². The van der Waals surface area contributed by atoms with Crippen molar-refractivity contribution in [3.8, 4) is 11.8 Å². The minimum absolute atomic E-state index is 0.412. The average molecular weight is 234 g/mol. The van der Waals surface area contributed by atoms with Gasteiger partial charge in [0.15, 0.2) is 0 Å². The summed E-state index contributed by atoms with van der Waals surface area (Å²) in [6.07, 6.45) is 0.574. The van der Waals surface area contributed by atoms with Crippen molar-refractivity contribution < 1.29 is 0 Å². The fourth-order valence-corrected chi connectivity index (χ4v) is 1.44. The Balaban J connectivity index is 2.78. The molecule has 0 fully saturated rings. The third-order valence-electron chi connectivity index (χ3n) is 2.07. The summed E-state index contributed by atoms with van der Waals surface area (Å²) in [5.74, 6) is 5.97. The van der Waals surface area contributed by atoms with Gasteiger partial charge in [-0.15, -0.1) is 0 Å². The minimum atomic E-state index is 0.412. The highest BCUT2D eigenvalue weighted by atomic mass is 35.5. The minimum Gasteiger partial charge on any atom is -0.0978 e. The zero-order valence-electron chi connectivity index (χ0n) is 9.29. The van der Waals surface area contributed by atoms with Gasteiger partial charge < -0.3 is 0 Å². The Morgan fingerprint density at radius 1 is 1.38 bits per heavy atom. The molecule has 0 aromatic heterocycles. The largest absolute Gasteiger partial charge is 0.0978 e. The summed E-state index contributed by atoms with van der Waals surface area (Å²) in [5, 5.41) is 4.20. The number of nitrogens with zero attached hydrogens (tertiary/aromatic N) is 3. The van der Waals surface area contributed by atoms with Crippen LogP contribution in [0.15, 0.2) is 17.2 Å². The van der Waals surface area contributed by atoms with E-state index in [9.17, 15) is 0 Å². The average Bonchev–Trinajstić information content (AvgIpc) is 2.25. The van der Waals surface area contributed by atoms with Crippen LogP contribution in [0.2, 0.25) is 5.02 Å². The van der Waals surface area contributed by atoms with E-state index in [1.54, 1.807) is 0 Å². The summed E-state index contributed by atoms with van der Waals surface area (Å²) >= 11 is 6.05. The van der Waals surface area contributed by atoms with Crippen LogP contribution < -0.4 is 0 Å². The molecule has 0 aliphatic carbocycles. The zero-order valence-corrected chi connectivity index (χ0v) is 10.0. The van der Waals surface area contributed by atoms with E-state index >= 15 is 0 Å². The molecule has 0 spiro atoms. The smallest absolute Gasteiger partial charge is 0.0465 e. The Labute approximate surface area is 100 Å². The van der Waals surface area contributed by atoms with Gasteiger partial charge in [-0.25, -0.2) is 0 Å². The number of benzene rings is 1. The molecule has 0 unspecified atom stereocenters. The molecule has 0 heterocycles. The lowest BCUT2D eigenvalue weighted by Gasteiger charge is -2.02. The number of rotatable bonds is 2. The maximum atomic E-state index is 8.08. The lowest BCUT2D eigenvalue weighted by atomic mass is 10.1. The van der Waals surface area contributed by atoms with Crippen LogP contribution in [-0.4, -0.2) is 6.54 Å². The predicted octanol–water partition coefficient (Wildman–Crippen LogP) is 4.01. The Bertz CT molecular complexity index is 468. The number of hydrogen-bond donors (Lipinski definition) is 0. The zero-order chi connectivity index (χ0) is 12.0. The van der Waals surface area contributed by atoms with Gasteiger partial charge in [0, 0.05) is 28.5 Å². The van der Waals surface area contributed by atoms with Crippen molar-refractivity contribution in [3.05, 3.63) is 44.3 Å². The monoisotopic (exact) mass is 233 g/mol. The first-order valence-electron chi connectivity index (χ1n) is 4.91. The molecular weight excluding hydrogens is 222 g/mol. The number of hydrogen-bond acceptors (Lipinski definition) is 1. The highest BCUT2D eigenvalue weighted by Crippen LogP contribution is 2.21. The Kier molecular flexibility index (Phi) is 4.72. The summed E-state index contributed by atoms with van der Waals surface area (Å²) in [5.41, 5.74) is 11.1. The van der Waals surface area contributed by atoms with Crippen LogP contribution in [0.4, 0.5) is 0 Å². The van der Waals surface area contributed by atoms with E-state index < -0.39 is 0 Å². The second-order valence-electron chi connectivity index (χ2n) is 3.43. The van der Waals surface area contributed by atoms with Crippen LogP contribution in [0.5, 0.6) is 0 Å². The molecule has 0 atom stereocenters. The van der Waals surface area contributed by atoms with Crippen LogP contribution in [-0.2, 0) is 0 Å². The van der Waals surface area contributed by atoms with Crippen molar-refractivity contribution in [3.63, 3.8) is 0 Å². The van der Waals surface area contributed by atoms with Gasteiger partial charge in [0.05, 0.1) is 0 Å². The first kappa shape index (κ1) is 12.4. The maximum absolute atomic E-state index is 8.08. The van der Waals surface area contributed by atoms with Crippen molar-refractivity contribution in [2.45, 2.75) is 20.3 Å². The highest BCUT2D eigenvalue weighted by Gasteiger charge is 2.00. The topological polar surface area (TPSA) is 48.8 Å². The van der Waals surface area contributed by atoms with Gasteiger partial charge in [-0.2, -0.15) is 0 Å². The fourth-order valence-electron chi connectivity index (χ4n) is 1.33. The van der Waals surface area contributed by atoms with Crippen molar-refractivity contribution >= 4 is 11.6 Å². The number of halogens is 1. The molecule has 0 saturated carbocycles. The molecule has 0 radical (unpaired) electrons. The molecule has 1 aromatic carbocycles. The van der Waals surface area contributed by atoms with E-state index in [1.165, 1.54) is 0 Å². The molecule has 3 nitrogen and oxygen atoms in total. The molecule has 1 rings (SSSR count). The van der Waals surface area contributed by atoms with Crippen molar-refractivity contribution in [1.29, 1.82) is 0 Å². The van der Waals surface area contributed by atoms with Crippen molar-refractivity contribution in [2.24, 2.45) is 5.11 Å². The first-order chi connectivity index (χ1) is 7.65. The standard InChI is InChI=1S/C12H12ClN3/c1-9-7-11(8-10(2)12(9)13)5-3-4-6-15-16-14/h7-8H,4,6H2,1-2H3. The number of aryl methyl sites for hydroxylation is 2. The summed E-state index contributed by atoms with van der Waals surface area (Å²) < 4.78 is 0. The van der Waals surface area contributed by atoms with Crippen molar-refractivity contribution in [2.75, 3.05) is 6.54 Å². The highest BCUT2D eigenvalue weighted by molar-refractivity contribution is 6.32. The molecule has 0 amide bonds. The molecule has 0 aliphatic rings. The molecule has 0 saturated heterocycles. The van der Waals surface area contributed by atoms with Gasteiger partial charge in [0.25, 0.3) is 0 Å². The van der Waals surface area contributed by atoms with Gasteiger partial charge in [-0.05, 0) is 42.6 Å². The van der Waals surface area contributed by atoms with Crippen LogP contribution in [0.25, 0.3) is 10.4 Å². The fraction of sp³-hybridized carbons (Fsp3) is 0.333. The molecule has 4 heteroatoms. The number of azide groups is 1. The van der Waals surface area contributed by atoms with E-state index in [0.717, 1.165) is 21.7 Å². The Morgan fingerprint density at radius 3 is 2.56 bits per heavy atom. The van der Waals surface area contributed by atoms with Gasteiger partial charge in [0.1, 0.15) is 0 Å². The molecule has 82 valence electrons. The van der Waals surface area contributed by atoms with Gasteiger partial charge >= 0.3 is 0 Å². The third kappa shape index (κ3) is 3.51. The predicted molar refractivity (Wildman–Crippen MR) is 66.4 cm³/mol. The van der Waals surface area contributed by atoms with E-state index in [0.29, 0.717) is 13.0 Å². The lowest BCUT2D eigenvalue weighted by Crippen LogP contribution is -1.84. The Morgan fingerprint density at radius 2 is 2.00 bits per heavy atom. The Hall–Kier alpha value is -1.62. The quantitative estimate of drug-likeness (QED) is 0.244. The molecule has 0 bridgehead atoms. The van der Waals surface area contributed by atoms with Gasteiger partial charge in [0.2, 0.25) is 0 Å². The van der Waals surface area contributed by atoms with Crippen LogP contribution in [0.1, 0.15) is 23.1 Å². The SMILES string of the molecule is Cc1cc(C#CCCN=[N+]=[N-])cc(C)c1Cl. The van der Waals surface area contributed by atoms with Crippen LogP contribution in [0.3, 0.4) is 0 Å². The van der Waals surface area contributed by atoms with Gasteiger partial charge in [-0.3, -0.25) is 0 Å². The van der Waals surface area contributed by atoms with E-state index in [1.807, 2.05) is 26.0 Å².